The van der Waals surface area contributed by atoms with Crippen molar-refractivity contribution in [3.8, 4) is 0 Å². The Hall–Kier alpha value is -2.57. The summed E-state index contributed by atoms with van der Waals surface area (Å²) < 4.78 is 0. The number of nitrogens with one attached hydrogen (secondary N) is 3. The first kappa shape index (κ1) is 17.3. The summed E-state index contributed by atoms with van der Waals surface area (Å²) >= 11 is 11.9. The minimum absolute atomic E-state index is 0.234. The number of anilines is 1. The zero-order valence-electron chi connectivity index (χ0n) is 13.0. The van der Waals surface area contributed by atoms with Crippen LogP contribution in [0, 0.1) is 0 Å². The van der Waals surface area contributed by atoms with Crippen molar-refractivity contribution in [3.05, 3.63) is 63.6 Å². The topological polar surface area (TPSA) is 87.3 Å². The van der Waals surface area contributed by atoms with Crippen LogP contribution in [-0.2, 0) is 10.3 Å². The van der Waals surface area contributed by atoms with Crippen LogP contribution in [0.1, 0.15) is 22.8 Å². The van der Waals surface area contributed by atoms with E-state index in [-0.39, 0.29) is 10.6 Å². The van der Waals surface area contributed by atoms with Crippen LogP contribution in [0.3, 0.4) is 0 Å². The number of imide groups is 1. The maximum absolute atomic E-state index is 12.4. The SMILES string of the molecule is C[C@@]1(c2cccc(NC(=O)c3cc(Cl)ccc3Cl)c2)NC(=O)NC1=O. The number of benzene rings is 2. The summed E-state index contributed by atoms with van der Waals surface area (Å²) in [5.41, 5.74) is 0.0168. The largest absolute Gasteiger partial charge is 0.322 e. The molecule has 1 heterocycles. The lowest BCUT2D eigenvalue weighted by Gasteiger charge is -2.21. The highest BCUT2D eigenvalue weighted by atomic mass is 35.5. The fraction of sp³-hybridized carbons (Fsp3) is 0.118. The van der Waals surface area contributed by atoms with Crippen LogP contribution < -0.4 is 16.0 Å². The van der Waals surface area contributed by atoms with Crippen LogP contribution in [0.5, 0.6) is 0 Å². The first-order valence-corrected chi connectivity index (χ1v) is 8.06. The quantitative estimate of drug-likeness (QED) is 0.717. The molecule has 1 aliphatic rings. The van der Waals surface area contributed by atoms with E-state index in [1.54, 1.807) is 37.3 Å². The predicted molar refractivity (Wildman–Crippen MR) is 94.9 cm³/mol. The monoisotopic (exact) mass is 377 g/mol. The summed E-state index contributed by atoms with van der Waals surface area (Å²) in [7, 11) is 0. The molecule has 4 amide bonds. The van der Waals surface area contributed by atoms with Crippen LogP contribution in [-0.4, -0.2) is 17.8 Å². The second-order valence-corrected chi connectivity index (χ2v) is 6.54. The molecule has 3 rings (SSSR count). The van der Waals surface area contributed by atoms with Gasteiger partial charge in [0.2, 0.25) is 0 Å². The molecule has 0 unspecified atom stereocenters. The van der Waals surface area contributed by atoms with Gasteiger partial charge >= 0.3 is 6.03 Å². The van der Waals surface area contributed by atoms with Crippen LogP contribution in [0.25, 0.3) is 0 Å². The first-order chi connectivity index (χ1) is 11.8. The van der Waals surface area contributed by atoms with Crippen molar-refractivity contribution in [1.29, 1.82) is 0 Å². The van der Waals surface area contributed by atoms with Crippen molar-refractivity contribution >= 4 is 46.7 Å². The molecule has 0 spiro atoms. The Bertz CT molecular complexity index is 900. The molecule has 6 nitrogen and oxygen atoms in total. The minimum Gasteiger partial charge on any atom is -0.322 e. The van der Waals surface area contributed by atoms with E-state index in [9.17, 15) is 14.4 Å². The number of hydrogen-bond donors (Lipinski definition) is 3. The van der Waals surface area contributed by atoms with Gasteiger partial charge in [-0.25, -0.2) is 4.79 Å². The fourth-order valence-corrected chi connectivity index (χ4v) is 2.90. The van der Waals surface area contributed by atoms with Crippen molar-refractivity contribution in [2.75, 3.05) is 5.32 Å². The van der Waals surface area contributed by atoms with Crippen molar-refractivity contribution < 1.29 is 14.4 Å². The van der Waals surface area contributed by atoms with Gasteiger partial charge in [0.25, 0.3) is 11.8 Å². The van der Waals surface area contributed by atoms with Gasteiger partial charge in [-0.1, -0.05) is 35.3 Å². The van der Waals surface area contributed by atoms with Crippen molar-refractivity contribution in [3.63, 3.8) is 0 Å². The first-order valence-electron chi connectivity index (χ1n) is 7.30. The predicted octanol–water partition coefficient (Wildman–Crippen LogP) is 3.30. The molecular formula is C17H13Cl2N3O3. The Labute approximate surface area is 153 Å². The third-order valence-electron chi connectivity index (χ3n) is 3.92. The van der Waals surface area contributed by atoms with Crippen LogP contribution >= 0.6 is 23.2 Å². The second kappa shape index (κ2) is 6.38. The zero-order chi connectivity index (χ0) is 18.2. The molecule has 2 aromatic carbocycles. The molecule has 0 saturated carbocycles. The van der Waals surface area contributed by atoms with Gasteiger partial charge in [-0.15, -0.1) is 0 Å². The summed E-state index contributed by atoms with van der Waals surface area (Å²) in [6, 6.07) is 10.7. The molecule has 1 fully saturated rings. The number of amides is 4. The summed E-state index contributed by atoms with van der Waals surface area (Å²) in [6.07, 6.45) is 0. The number of rotatable bonds is 3. The maximum Gasteiger partial charge on any atom is 0.322 e. The van der Waals surface area contributed by atoms with Gasteiger partial charge < -0.3 is 10.6 Å². The second-order valence-electron chi connectivity index (χ2n) is 5.69. The average molecular weight is 378 g/mol. The van der Waals surface area contributed by atoms with E-state index in [0.29, 0.717) is 16.3 Å². The smallest absolute Gasteiger partial charge is 0.322 e. The Morgan fingerprint density at radius 1 is 1.12 bits per heavy atom. The third-order valence-corrected chi connectivity index (χ3v) is 4.48. The van der Waals surface area contributed by atoms with Gasteiger partial charge in [0.1, 0.15) is 5.54 Å². The van der Waals surface area contributed by atoms with Crippen LogP contribution in [0.2, 0.25) is 10.0 Å². The van der Waals surface area contributed by atoms with Gasteiger partial charge in [-0.2, -0.15) is 0 Å². The van der Waals surface area contributed by atoms with Gasteiger partial charge in [0.05, 0.1) is 10.6 Å². The molecule has 0 radical (unpaired) electrons. The highest BCUT2D eigenvalue weighted by molar-refractivity contribution is 6.36. The molecule has 1 aliphatic heterocycles. The maximum atomic E-state index is 12.4. The lowest BCUT2D eigenvalue weighted by atomic mass is 9.92. The van der Waals surface area contributed by atoms with Crippen molar-refractivity contribution in [2.24, 2.45) is 0 Å². The number of urea groups is 1. The molecule has 0 aliphatic carbocycles. The van der Waals surface area contributed by atoms with E-state index in [4.69, 9.17) is 23.2 Å². The zero-order valence-corrected chi connectivity index (χ0v) is 14.5. The fourth-order valence-electron chi connectivity index (χ4n) is 2.52. The van der Waals surface area contributed by atoms with Gasteiger partial charge in [0, 0.05) is 10.7 Å². The molecule has 0 bridgehead atoms. The minimum atomic E-state index is -1.20. The average Bonchev–Trinajstić information content (AvgIpc) is 2.83. The highest BCUT2D eigenvalue weighted by Crippen LogP contribution is 2.27. The van der Waals surface area contributed by atoms with Gasteiger partial charge in [-0.3, -0.25) is 14.9 Å². The van der Waals surface area contributed by atoms with Crippen molar-refractivity contribution in [2.45, 2.75) is 12.5 Å². The molecule has 1 atom stereocenters. The summed E-state index contributed by atoms with van der Waals surface area (Å²) in [5.74, 6) is -0.895. The van der Waals surface area contributed by atoms with E-state index >= 15 is 0 Å². The van der Waals surface area contributed by atoms with Crippen LogP contribution in [0.15, 0.2) is 42.5 Å². The van der Waals surface area contributed by atoms with E-state index in [2.05, 4.69) is 16.0 Å². The summed E-state index contributed by atoms with van der Waals surface area (Å²) in [4.78, 5) is 35.9. The lowest BCUT2D eigenvalue weighted by molar-refractivity contribution is -0.123. The lowest BCUT2D eigenvalue weighted by Crippen LogP contribution is -2.40. The van der Waals surface area contributed by atoms with Crippen LogP contribution in [0.4, 0.5) is 10.5 Å². The molecule has 0 aromatic heterocycles. The van der Waals surface area contributed by atoms with E-state index < -0.39 is 23.4 Å². The third kappa shape index (κ3) is 3.31. The molecule has 128 valence electrons. The Balaban J connectivity index is 1.87. The van der Waals surface area contributed by atoms with Gasteiger partial charge in [0.15, 0.2) is 0 Å². The molecule has 25 heavy (non-hydrogen) atoms. The Morgan fingerprint density at radius 2 is 1.88 bits per heavy atom. The molecule has 1 saturated heterocycles. The van der Waals surface area contributed by atoms with Crippen molar-refractivity contribution in [1.82, 2.24) is 10.6 Å². The number of carbonyl (C=O) groups is 3. The molecule has 3 N–H and O–H groups in total. The van der Waals surface area contributed by atoms with E-state index in [0.717, 1.165) is 0 Å². The van der Waals surface area contributed by atoms with E-state index in [1.165, 1.54) is 12.1 Å². The summed E-state index contributed by atoms with van der Waals surface area (Å²) in [6.45, 7) is 1.59. The number of carbonyl (C=O) groups excluding carboxylic acids is 3. The molecule has 8 heteroatoms. The normalized spacial score (nSPS) is 19.3. The number of hydrogen-bond acceptors (Lipinski definition) is 3. The Morgan fingerprint density at radius 3 is 2.56 bits per heavy atom. The number of halogens is 2. The van der Waals surface area contributed by atoms with E-state index in [1.807, 2.05) is 0 Å². The highest BCUT2D eigenvalue weighted by Gasteiger charge is 2.43. The molecular weight excluding hydrogens is 365 g/mol. The summed E-state index contributed by atoms with van der Waals surface area (Å²) in [5, 5.41) is 8.14. The Kier molecular flexibility index (Phi) is 4.41. The van der Waals surface area contributed by atoms with Gasteiger partial charge in [-0.05, 0) is 42.8 Å². The molecule has 2 aromatic rings. The standard InChI is InChI=1S/C17H13Cl2N3O3/c1-17(15(24)21-16(25)22-17)9-3-2-4-11(7-9)20-14(23)12-8-10(18)5-6-13(12)19/h2-8H,1H3,(H,20,23)(H2,21,22,24,25)/t17-/m0/s1.